The second kappa shape index (κ2) is 5.70. The highest BCUT2D eigenvalue weighted by Crippen LogP contribution is 2.39. The highest BCUT2D eigenvalue weighted by Gasteiger charge is 2.39. The monoisotopic (exact) mass is 253 g/mol. The van der Waals surface area contributed by atoms with Crippen LogP contribution in [-0.4, -0.2) is 44.0 Å². The van der Waals surface area contributed by atoms with Crippen molar-refractivity contribution < 1.29 is 9.53 Å². The fourth-order valence-corrected chi connectivity index (χ4v) is 3.47. The van der Waals surface area contributed by atoms with Gasteiger partial charge in [0.15, 0.2) is 0 Å². The third-order valence-electron chi connectivity index (χ3n) is 5.34. The molecule has 104 valence electrons. The van der Waals surface area contributed by atoms with Gasteiger partial charge in [-0.3, -0.25) is 0 Å². The Kier molecular flexibility index (Phi) is 4.44. The van der Waals surface area contributed by atoms with Crippen molar-refractivity contribution in [2.24, 2.45) is 10.8 Å². The maximum absolute atomic E-state index is 11.3. The summed E-state index contributed by atoms with van der Waals surface area (Å²) >= 11 is 0. The van der Waals surface area contributed by atoms with Gasteiger partial charge in [0.1, 0.15) is 6.29 Å². The number of rotatable bonds is 5. The Morgan fingerprint density at radius 2 is 1.83 bits per heavy atom. The topological polar surface area (TPSA) is 29.5 Å². The van der Waals surface area contributed by atoms with E-state index in [1.165, 1.54) is 25.7 Å². The van der Waals surface area contributed by atoms with Gasteiger partial charge in [-0.25, -0.2) is 0 Å². The molecule has 18 heavy (non-hydrogen) atoms. The van der Waals surface area contributed by atoms with E-state index in [1.54, 1.807) is 0 Å². The predicted molar refractivity (Wildman–Crippen MR) is 72.6 cm³/mol. The van der Waals surface area contributed by atoms with Gasteiger partial charge in [0.25, 0.3) is 0 Å². The number of nitrogens with zero attached hydrogens (tertiary/aromatic N) is 1. The molecular weight excluding hydrogens is 226 g/mol. The van der Waals surface area contributed by atoms with Gasteiger partial charge in [0.2, 0.25) is 0 Å². The predicted octanol–water partition coefficient (Wildman–Crippen LogP) is 2.49. The van der Waals surface area contributed by atoms with Crippen LogP contribution in [0.3, 0.4) is 0 Å². The number of piperidine rings is 1. The van der Waals surface area contributed by atoms with Crippen molar-refractivity contribution in [1.82, 2.24) is 4.90 Å². The van der Waals surface area contributed by atoms with E-state index in [-0.39, 0.29) is 5.41 Å². The van der Waals surface area contributed by atoms with Gasteiger partial charge in [-0.1, -0.05) is 26.7 Å². The molecule has 2 aliphatic heterocycles. The molecule has 1 unspecified atom stereocenters. The van der Waals surface area contributed by atoms with Crippen molar-refractivity contribution >= 4 is 6.29 Å². The molecule has 2 heterocycles. The first-order valence-electron chi connectivity index (χ1n) is 7.44. The first kappa shape index (κ1) is 14.0. The Bertz CT molecular complexity index is 270. The minimum atomic E-state index is -0.210. The molecule has 0 aliphatic carbocycles. The standard InChI is InChI=1S/C15H27NO2/c1-3-14(4-2)5-8-16(9-6-14)11-15(12-17)7-10-18-13-15/h12H,3-11,13H2,1-2H3. The van der Waals surface area contributed by atoms with Crippen LogP contribution in [0.15, 0.2) is 0 Å². The van der Waals surface area contributed by atoms with Crippen LogP contribution in [0.5, 0.6) is 0 Å². The molecule has 3 nitrogen and oxygen atoms in total. The summed E-state index contributed by atoms with van der Waals surface area (Å²) < 4.78 is 5.42. The van der Waals surface area contributed by atoms with Crippen molar-refractivity contribution in [1.29, 1.82) is 0 Å². The van der Waals surface area contributed by atoms with Crippen LogP contribution in [0.1, 0.15) is 46.0 Å². The van der Waals surface area contributed by atoms with Crippen molar-refractivity contribution in [2.45, 2.75) is 46.0 Å². The molecule has 0 bridgehead atoms. The Balaban J connectivity index is 1.88. The minimum absolute atomic E-state index is 0.210. The molecule has 0 saturated carbocycles. The first-order valence-corrected chi connectivity index (χ1v) is 7.44. The van der Waals surface area contributed by atoms with Crippen LogP contribution in [0.4, 0.5) is 0 Å². The Morgan fingerprint density at radius 3 is 2.28 bits per heavy atom. The molecular formula is C15H27NO2. The first-order chi connectivity index (χ1) is 8.67. The maximum atomic E-state index is 11.3. The van der Waals surface area contributed by atoms with Gasteiger partial charge in [-0.15, -0.1) is 0 Å². The lowest BCUT2D eigenvalue weighted by molar-refractivity contribution is -0.117. The lowest BCUT2D eigenvalue weighted by Crippen LogP contribution is -2.46. The average molecular weight is 253 g/mol. The van der Waals surface area contributed by atoms with Crippen molar-refractivity contribution in [3.63, 3.8) is 0 Å². The zero-order valence-electron chi connectivity index (χ0n) is 11.9. The molecule has 0 N–H and O–H groups in total. The molecule has 3 heteroatoms. The lowest BCUT2D eigenvalue weighted by atomic mass is 9.74. The average Bonchev–Trinajstić information content (AvgIpc) is 2.89. The second-order valence-electron chi connectivity index (χ2n) is 6.27. The molecule has 2 saturated heterocycles. The van der Waals surface area contributed by atoms with Gasteiger partial charge >= 0.3 is 0 Å². The van der Waals surface area contributed by atoms with E-state index in [2.05, 4.69) is 18.7 Å². The summed E-state index contributed by atoms with van der Waals surface area (Å²) in [6.07, 6.45) is 7.20. The smallest absolute Gasteiger partial charge is 0.129 e. The van der Waals surface area contributed by atoms with Crippen molar-refractivity contribution in [3.8, 4) is 0 Å². The largest absolute Gasteiger partial charge is 0.380 e. The molecule has 2 fully saturated rings. The van der Waals surface area contributed by atoms with Crippen molar-refractivity contribution in [2.75, 3.05) is 32.8 Å². The summed E-state index contributed by atoms with van der Waals surface area (Å²) in [4.78, 5) is 13.8. The van der Waals surface area contributed by atoms with E-state index in [4.69, 9.17) is 4.74 Å². The second-order valence-corrected chi connectivity index (χ2v) is 6.27. The molecule has 0 aromatic heterocycles. The number of carbonyl (C=O) groups is 1. The van der Waals surface area contributed by atoms with E-state index in [1.807, 2.05) is 0 Å². The number of hydrogen-bond donors (Lipinski definition) is 0. The van der Waals surface area contributed by atoms with Crippen LogP contribution < -0.4 is 0 Å². The van der Waals surface area contributed by atoms with Gasteiger partial charge in [-0.2, -0.15) is 0 Å². The van der Waals surface area contributed by atoms with E-state index < -0.39 is 0 Å². The molecule has 0 aromatic carbocycles. The summed E-state index contributed by atoms with van der Waals surface area (Å²) in [5.74, 6) is 0. The normalized spacial score (nSPS) is 32.6. The molecule has 2 rings (SSSR count). The molecule has 0 spiro atoms. The SMILES string of the molecule is CCC1(CC)CCN(CC2(C=O)CCOC2)CC1. The zero-order chi connectivity index (χ0) is 13.1. The van der Waals surface area contributed by atoms with Crippen molar-refractivity contribution in [3.05, 3.63) is 0 Å². The van der Waals surface area contributed by atoms with E-state index in [0.717, 1.165) is 38.9 Å². The maximum Gasteiger partial charge on any atom is 0.129 e. The van der Waals surface area contributed by atoms with Crippen LogP contribution >= 0.6 is 0 Å². The molecule has 0 amide bonds. The molecule has 0 aromatic rings. The summed E-state index contributed by atoms with van der Waals surface area (Å²) in [5.41, 5.74) is 0.357. The minimum Gasteiger partial charge on any atom is -0.380 e. The highest BCUT2D eigenvalue weighted by atomic mass is 16.5. The fraction of sp³-hybridized carbons (Fsp3) is 0.933. The Hall–Kier alpha value is -0.410. The number of carbonyl (C=O) groups excluding carboxylic acids is 1. The van der Waals surface area contributed by atoms with Crippen LogP contribution in [0.25, 0.3) is 0 Å². The van der Waals surface area contributed by atoms with E-state index in [0.29, 0.717) is 12.0 Å². The molecule has 0 radical (unpaired) electrons. The summed E-state index contributed by atoms with van der Waals surface area (Å²) in [6.45, 7) is 9.21. The molecule has 1 atom stereocenters. The highest BCUT2D eigenvalue weighted by molar-refractivity contribution is 5.60. The van der Waals surface area contributed by atoms with Crippen LogP contribution in [-0.2, 0) is 9.53 Å². The third-order valence-corrected chi connectivity index (χ3v) is 5.34. The Morgan fingerprint density at radius 1 is 1.17 bits per heavy atom. The molecule has 2 aliphatic rings. The van der Waals surface area contributed by atoms with Gasteiger partial charge in [-0.05, 0) is 37.8 Å². The quantitative estimate of drug-likeness (QED) is 0.705. The van der Waals surface area contributed by atoms with Gasteiger partial charge in [0, 0.05) is 13.2 Å². The fourth-order valence-electron chi connectivity index (χ4n) is 3.47. The number of likely N-dealkylation sites (tertiary alicyclic amines) is 1. The van der Waals surface area contributed by atoms with Gasteiger partial charge in [0.05, 0.1) is 12.0 Å². The lowest BCUT2D eigenvalue weighted by Gasteiger charge is -2.42. The number of ether oxygens (including phenoxy) is 1. The summed E-state index contributed by atoms with van der Waals surface area (Å²) in [6, 6.07) is 0. The van der Waals surface area contributed by atoms with Gasteiger partial charge < -0.3 is 14.4 Å². The zero-order valence-corrected chi connectivity index (χ0v) is 11.9. The third kappa shape index (κ3) is 2.77. The van der Waals surface area contributed by atoms with Crippen LogP contribution in [0.2, 0.25) is 0 Å². The summed E-state index contributed by atoms with van der Waals surface area (Å²) in [5, 5.41) is 0. The Labute approximate surface area is 111 Å². The van der Waals surface area contributed by atoms with E-state index in [9.17, 15) is 4.79 Å². The number of hydrogen-bond acceptors (Lipinski definition) is 3. The van der Waals surface area contributed by atoms with Crippen LogP contribution in [0, 0.1) is 10.8 Å². The van der Waals surface area contributed by atoms with E-state index >= 15 is 0 Å². The number of aldehydes is 1. The summed E-state index contributed by atoms with van der Waals surface area (Å²) in [7, 11) is 0.